The third-order valence-electron chi connectivity index (χ3n) is 2.66. The molecule has 1 amide bonds. The van der Waals surface area contributed by atoms with E-state index in [1.807, 2.05) is 19.2 Å². The van der Waals surface area contributed by atoms with Crippen molar-refractivity contribution < 1.29 is 4.79 Å². The fourth-order valence-electron chi connectivity index (χ4n) is 1.68. The largest absolute Gasteiger partial charge is 0.355 e. The molecule has 106 valence electrons. The monoisotopic (exact) mass is 303 g/mol. The van der Waals surface area contributed by atoms with Gasteiger partial charge in [0.25, 0.3) is 0 Å². The predicted molar refractivity (Wildman–Crippen MR) is 79.5 cm³/mol. The SMILES string of the molecule is CN(CCCNC(=O)CN)Cc1ccc(Cl)c(Cl)c1. The molecule has 0 atom stereocenters. The van der Waals surface area contributed by atoms with Gasteiger partial charge in [-0.1, -0.05) is 29.3 Å². The number of halogens is 2. The maximum Gasteiger partial charge on any atom is 0.233 e. The van der Waals surface area contributed by atoms with Crippen molar-refractivity contribution in [3.63, 3.8) is 0 Å². The van der Waals surface area contributed by atoms with E-state index in [1.54, 1.807) is 6.07 Å². The van der Waals surface area contributed by atoms with Gasteiger partial charge in [-0.05, 0) is 37.7 Å². The lowest BCUT2D eigenvalue weighted by Crippen LogP contribution is -2.32. The number of hydrogen-bond donors (Lipinski definition) is 2. The van der Waals surface area contributed by atoms with E-state index in [9.17, 15) is 4.79 Å². The normalized spacial score (nSPS) is 10.8. The summed E-state index contributed by atoms with van der Waals surface area (Å²) < 4.78 is 0. The number of benzene rings is 1. The molecule has 0 bridgehead atoms. The standard InChI is InChI=1S/C13H19Cl2N3O/c1-18(6-2-5-17-13(19)8-16)9-10-3-4-11(14)12(15)7-10/h3-4,7H,2,5-6,8-9,16H2,1H3,(H,17,19). The minimum absolute atomic E-state index is 0.0408. The number of carbonyl (C=O) groups excluding carboxylic acids is 1. The van der Waals surface area contributed by atoms with E-state index in [-0.39, 0.29) is 12.5 Å². The van der Waals surface area contributed by atoms with Crippen LogP contribution >= 0.6 is 23.2 Å². The second-order valence-corrected chi connectivity index (χ2v) is 5.21. The molecule has 0 radical (unpaired) electrons. The summed E-state index contributed by atoms with van der Waals surface area (Å²) in [7, 11) is 2.02. The van der Waals surface area contributed by atoms with Gasteiger partial charge in [-0.25, -0.2) is 0 Å². The second-order valence-electron chi connectivity index (χ2n) is 4.39. The lowest BCUT2D eigenvalue weighted by Gasteiger charge is -2.17. The molecule has 3 N–H and O–H groups in total. The van der Waals surface area contributed by atoms with Crippen LogP contribution in [-0.2, 0) is 11.3 Å². The molecule has 1 rings (SSSR count). The summed E-state index contributed by atoms with van der Waals surface area (Å²) in [6, 6.07) is 5.63. The van der Waals surface area contributed by atoms with Crippen LogP contribution in [0.15, 0.2) is 18.2 Å². The van der Waals surface area contributed by atoms with Gasteiger partial charge in [-0.2, -0.15) is 0 Å². The molecular formula is C13H19Cl2N3O. The Morgan fingerprint density at radius 2 is 2.11 bits per heavy atom. The van der Waals surface area contributed by atoms with E-state index in [2.05, 4.69) is 10.2 Å². The number of nitrogens with two attached hydrogens (primary N) is 1. The van der Waals surface area contributed by atoms with Gasteiger partial charge in [0.2, 0.25) is 5.91 Å². The fraction of sp³-hybridized carbons (Fsp3) is 0.462. The van der Waals surface area contributed by atoms with Gasteiger partial charge in [0, 0.05) is 13.1 Å². The molecule has 19 heavy (non-hydrogen) atoms. The molecule has 0 aliphatic heterocycles. The van der Waals surface area contributed by atoms with Crippen molar-refractivity contribution in [3.8, 4) is 0 Å². The molecule has 6 heteroatoms. The summed E-state index contributed by atoms with van der Waals surface area (Å²) in [5.41, 5.74) is 6.31. The van der Waals surface area contributed by atoms with Crippen LogP contribution < -0.4 is 11.1 Å². The van der Waals surface area contributed by atoms with Crippen molar-refractivity contribution in [3.05, 3.63) is 33.8 Å². The van der Waals surface area contributed by atoms with Crippen molar-refractivity contribution >= 4 is 29.1 Å². The van der Waals surface area contributed by atoms with Gasteiger partial charge in [0.1, 0.15) is 0 Å². The van der Waals surface area contributed by atoms with E-state index in [4.69, 9.17) is 28.9 Å². The van der Waals surface area contributed by atoms with Crippen LogP contribution in [0.4, 0.5) is 0 Å². The lowest BCUT2D eigenvalue weighted by molar-refractivity contribution is -0.119. The van der Waals surface area contributed by atoms with Crippen LogP contribution in [0.25, 0.3) is 0 Å². The quantitative estimate of drug-likeness (QED) is 0.756. The highest BCUT2D eigenvalue weighted by Gasteiger charge is 2.04. The number of nitrogens with zero attached hydrogens (tertiary/aromatic N) is 1. The van der Waals surface area contributed by atoms with Crippen LogP contribution in [0.1, 0.15) is 12.0 Å². The summed E-state index contributed by atoms with van der Waals surface area (Å²) in [6.07, 6.45) is 0.879. The fourth-order valence-corrected chi connectivity index (χ4v) is 2.00. The molecule has 4 nitrogen and oxygen atoms in total. The highest BCUT2D eigenvalue weighted by atomic mass is 35.5. The first-order valence-electron chi connectivity index (χ1n) is 6.12. The molecule has 1 aromatic rings. The highest BCUT2D eigenvalue weighted by molar-refractivity contribution is 6.42. The van der Waals surface area contributed by atoms with Crippen molar-refractivity contribution in [2.45, 2.75) is 13.0 Å². The molecule has 0 aliphatic rings. The van der Waals surface area contributed by atoms with Crippen LogP contribution in [0.2, 0.25) is 10.0 Å². The molecule has 0 unspecified atom stereocenters. The summed E-state index contributed by atoms with van der Waals surface area (Å²) in [5.74, 6) is -0.118. The Morgan fingerprint density at radius 3 is 2.74 bits per heavy atom. The molecule has 0 aromatic heterocycles. The summed E-state index contributed by atoms with van der Waals surface area (Å²) in [6.45, 7) is 2.35. The number of hydrogen-bond acceptors (Lipinski definition) is 3. The Labute approximate surface area is 123 Å². The van der Waals surface area contributed by atoms with Gasteiger partial charge < -0.3 is 16.0 Å². The van der Waals surface area contributed by atoms with Gasteiger partial charge in [-0.15, -0.1) is 0 Å². The van der Waals surface area contributed by atoms with Crippen LogP contribution in [0.3, 0.4) is 0 Å². The average Bonchev–Trinajstić information content (AvgIpc) is 2.38. The third-order valence-corrected chi connectivity index (χ3v) is 3.40. The van der Waals surface area contributed by atoms with Gasteiger partial charge in [0.05, 0.1) is 16.6 Å². The molecule has 0 spiro atoms. The van der Waals surface area contributed by atoms with Crippen molar-refractivity contribution in [2.75, 3.05) is 26.7 Å². The van der Waals surface area contributed by atoms with E-state index < -0.39 is 0 Å². The van der Waals surface area contributed by atoms with Gasteiger partial charge in [-0.3, -0.25) is 4.79 Å². The van der Waals surface area contributed by atoms with E-state index in [0.29, 0.717) is 16.6 Å². The zero-order valence-corrected chi connectivity index (χ0v) is 12.5. The minimum Gasteiger partial charge on any atom is -0.355 e. The minimum atomic E-state index is -0.118. The summed E-state index contributed by atoms with van der Waals surface area (Å²) >= 11 is 11.8. The Bertz CT molecular complexity index is 426. The topological polar surface area (TPSA) is 58.4 Å². The highest BCUT2D eigenvalue weighted by Crippen LogP contribution is 2.23. The molecule has 0 saturated carbocycles. The maximum atomic E-state index is 10.9. The van der Waals surface area contributed by atoms with E-state index >= 15 is 0 Å². The maximum absolute atomic E-state index is 10.9. The average molecular weight is 304 g/mol. The van der Waals surface area contributed by atoms with Crippen LogP contribution in [-0.4, -0.2) is 37.5 Å². The van der Waals surface area contributed by atoms with Crippen molar-refractivity contribution in [1.82, 2.24) is 10.2 Å². The first-order chi connectivity index (χ1) is 9.02. The van der Waals surface area contributed by atoms with E-state index in [0.717, 1.165) is 25.1 Å². The number of carbonyl (C=O) groups is 1. The van der Waals surface area contributed by atoms with Crippen molar-refractivity contribution in [1.29, 1.82) is 0 Å². The molecule has 0 heterocycles. The Hall–Kier alpha value is -0.810. The smallest absolute Gasteiger partial charge is 0.233 e. The van der Waals surface area contributed by atoms with Gasteiger partial charge in [0.15, 0.2) is 0 Å². The Balaban J connectivity index is 2.28. The van der Waals surface area contributed by atoms with E-state index in [1.165, 1.54) is 0 Å². The van der Waals surface area contributed by atoms with Crippen molar-refractivity contribution in [2.24, 2.45) is 5.73 Å². The summed E-state index contributed by atoms with van der Waals surface area (Å²) in [4.78, 5) is 13.1. The van der Waals surface area contributed by atoms with Crippen LogP contribution in [0, 0.1) is 0 Å². The molecule has 1 aromatic carbocycles. The Morgan fingerprint density at radius 1 is 1.37 bits per heavy atom. The number of rotatable bonds is 7. The zero-order chi connectivity index (χ0) is 14.3. The molecule has 0 aliphatic carbocycles. The summed E-state index contributed by atoms with van der Waals surface area (Å²) in [5, 5.41) is 3.88. The molecule has 0 saturated heterocycles. The van der Waals surface area contributed by atoms with Crippen LogP contribution in [0.5, 0.6) is 0 Å². The molecular weight excluding hydrogens is 285 g/mol. The Kier molecular flexibility index (Phi) is 7.16. The number of amides is 1. The molecule has 0 fully saturated rings. The zero-order valence-electron chi connectivity index (χ0n) is 11.0. The lowest BCUT2D eigenvalue weighted by atomic mass is 10.2. The second kappa shape index (κ2) is 8.38. The van der Waals surface area contributed by atoms with Gasteiger partial charge >= 0.3 is 0 Å². The predicted octanol–water partition coefficient (Wildman–Crippen LogP) is 1.89. The first-order valence-corrected chi connectivity index (χ1v) is 6.87. The first kappa shape index (κ1) is 16.2. The number of nitrogens with one attached hydrogen (secondary N) is 1. The third kappa shape index (κ3) is 6.25.